The lowest BCUT2D eigenvalue weighted by molar-refractivity contribution is -0.117. The molecule has 94 valence electrons. The molecule has 0 fully saturated rings. The van der Waals surface area contributed by atoms with Crippen molar-refractivity contribution in [2.24, 2.45) is 0 Å². The summed E-state index contributed by atoms with van der Waals surface area (Å²) in [4.78, 5) is 15.0. The molecule has 0 saturated heterocycles. The lowest BCUT2D eigenvalue weighted by atomic mass is 10.1. The quantitative estimate of drug-likeness (QED) is 0.834. The Kier molecular flexibility index (Phi) is 3.50. The van der Waals surface area contributed by atoms with Crippen LogP contribution in [-0.4, -0.2) is 15.9 Å². The maximum absolute atomic E-state index is 13.0. The van der Waals surface area contributed by atoms with Crippen LogP contribution in [0.2, 0.25) is 0 Å². The van der Waals surface area contributed by atoms with Gasteiger partial charge in [-0.15, -0.1) is 0 Å². The first kappa shape index (κ1) is 12.4. The Bertz CT molecular complexity index is 578. The Labute approximate surface area is 104 Å². The SMILES string of the molecule is CC(=O)CCc1nc(-c2ccc(F)cc2C)no1. The molecule has 0 unspecified atom stereocenters. The molecule has 0 aliphatic heterocycles. The van der Waals surface area contributed by atoms with E-state index in [2.05, 4.69) is 10.1 Å². The fourth-order valence-electron chi connectivity index (χ4n) is 1.63. The molecule has 1 aromatic heterocycles. The minimum atomic E-state index is -0.295. The van der Waals surface area contributed by atoms with Gasteiger partial charge in [0.2, 0.25) is 11.7 Å². The molecule has 1 heterocycles. The van der Waals surface area contributed by atoms with E-state index in [-0.39, 0.29) is 11.6 Å². The van der Waals surface area contributed by atoms with E-state index in [0.29, 0.717) is 24.6 Å². The molecular formula is C13H13FN2O2. The van der Waals surface area contributed by atoms with Gasteiger partial charge in [-0.1, -0.05) is 5.16 Å². The third kappa shape index (κ3) is 2.80. The van der Waals surface area contributed by atoms with Gasteiger partial charge in [-0.3, -0.25) is 0 Å². The number of aryl methyl sites for hydroxylation is 2. The molecule has 1 aromatic carbocycles. The molecule has 0 amide bonds. The topological polar surface area (TPSA) is 56.0 Å². The van der Waals surface area contributed by atoms with E-state index in [4.69, 9.17) is 4.52 Å². The average molecular weight is 248 g/mol. The van der Waals surface area contributed by atoms with E-state index in [1.165, 1.54) is 19.1 Å². The van der Waals surface area contributed by atoms with Gasteiger partial charge in [-0.2, -0.15) is 4.98 Å². The van der Waals surface area contributed by atoms with Gasteiger partial charge in [0, 0.05) is 18.4 Å². The van der Waals surface area contributed by atoms with E-state index in [9.17, 15) is 9.18 Å². The van der Waals surface area contributed by atoms with Crippen LogP contribution in [0.4, 0.5) is 4.39 Å². The summed E-state index contributed by atoms with van der Waals surface area (Å²) in [6.07, 6.45) is 0.812. The number of carbonyl (C=O) groups is 1. The monoisotopic (exact) mass is 248 g/mol. The number of rotatable bonds is 4. The van der Waals surface area contributed by atoms with Crippen molar-refractivity contribution < 1.29 is 13.7 Å². The van der Waals surface area contributed by atoms with E-state index in [1.54, 1.807) is 13.0 Å². The smallest absolute Gasteiger partial charge is 0.227 e. The zero-order valence-electron chi connectivity index (χ0n) is 10.2. The highest BCUT2D eigenvalue weighted by molar-refractivity contribution is 5.75. The van der Waals surface area contributed by atoms with Crippen LogP contribution >= 0.6 is 0 Å². The molecule has 0 aliphatic carbocycles. The van der Waals surface area contributed by atoms with Gasteiger partial charge in [-0.05, 0) is 37.6 Å². The zero-order valence-corrected chi connectivity index (χ0v) is 10.2. The molecule has 0 aliphatic rings. The first-order chi connectivity index (χ1) is 8.56. The number of Topliss-reactive ketones (excluding diaryl/α,β-unsaturated/α-hetero) is 1. The highest BCUT2D eigenvalue weighted by atomic mass is 19.1. The summed E-state index contributed by atoms with van der Waals surface area (Å²) in [7, 11) is 0. The summed E-state index contributed by atoms with van der Waals surface area (Å²) < 4.78 is 18.0. The van der Waals surface area contributed by atoms with Crippen molar-refractivity contribution in [2.75, 3.05) is 0 Å². The number of ketones is 1. The van der Waals surface area contributed by atoms with Crippen LogP contribution in [0, 0.1) is 12.7 Å². The van der Waals surface area contributed by atoms with Crippen molar-refractivity contribution in [1.29, 1.82) is 0 Å². The standard InChI is InChI=1S/C13H13FN2O2/c1-8-7-10(14)4-5-11(8)13-15-12(18-16-13)6-3-9(2)17/h4-5,7H,3,6H2,1-2H3. The number of nitrogens with zero attached hydrogens (tertiary/aromatic N) is 2. The minimum absolute atomic E-state index is 0.0766. The number of halogens is 1. The summed E-state index contributed by atoms with van der Waals surface area (Å²) in [5.41, 5.74) is 1.48. The fourth-order valence-corrected chi connectivity index (χ4v) is 1.63. The molecule has 2 aromatic rings. The molecule has 0 spiro atoms. The van der Waals surface area contributed by atoms with Crippen LogP contribution in [0.5, 0.6) is 0 Å². The summed E-state index contributed by atoms with van der Waals surface area (Å²) in [5, 5.41) is 3.84. The molecule has 18 heavy (non-hydrogen) atoms. The van der Waals surface area contributed by atoms with Gasteiger partial charge in [-0.25, -0.2) is 4.39 Å². The molecule has 0 radical (unpaired) electrons. The molecule has 0 bridgehead atoms. The number of aromatic nitrogens is 2. The number of hydrogen-bond acceptors (Lipinski definition) is 4. The third-order valence-electron chi connectivity index (χ3n) is 2.59. The molecule has 2 rings (SSSR count). The van der Waals surface area contributed by atoms with Crippen molar-refractivity contribution in [3.8, 4) is 11.4 Å². The lowest BCUT2D eigenvalue weighted by Gasteiger charge is -1.99. The molecule has 0 N–H and O–H groups in total. The molecule has 5 heteroatoms. The molecule has 4 nitrogen and oxygen atoms in total. The molecule has 0 atom stereocenters. The maximum atomic E-state index is 13.0. The minimum Gasteiger partial charge on any atom is -0.339 e. The summed E-state index contributed by atoms with van der Waals surface area (Å²) in [5.74, 6) is 0.624. The van der Waals surface area contributed by atoms with Crippen LogP contribution in [0.15, 0.2) is 22.7 Å². The van der Waals surface area contributed by atoms with E-state index < -0.39 is 0 Å². The first-order valence-electron chi connectivity index (χ1n) is 5.65. The second-order valence-corrected chi connectivity index (χ2v) is 4.17. The average Bonchev–Trinajstić information content (AvgIpc) is 2.75. The summed E-state index contributed by atoms with van der Waals surface area (Å²) in [6, 6.07) is 4.39. The predicted octanol–water partition coefficient (Wildman–Crippen LogP) is 2.71. The van der Waals surface area contributed by atoms with Crippen molar-refractivity contribution in [1.82, 2.24) is 10.1 Å². The lowest BCUT2D eigenvalue weighted by Crippen LogP contribution is -1.94. The maximum Gasteiger partial charge on any atom is 0.227 e. The van der Waals surface area contributed by atoms with Crippen LogP contribution < -0.4 is 0 Å². The molecular weight excluding hydrogens is 235 g/mol. The van der Waals surface area contributed by atoms with Crippen LogP contribution in [0.1, 0.15) is 24.8 Å². The highest BCUT2D eigenvalue weighted by Crippen LogP contribution is 2.21. The van der Waals surface area contributed by atoms with Crippen LogP contribution in [-0.2, 0) is 11.2 Å². The van der Waals surface area contributed by atoms with Gasteiger partial charge >= 0.3 is 0 Å². The largest absolute Gasteiger partial charge is 0.339 e. The van der Waals surface area contributed by atoms with Crippen molar-refractivity contribution in [2.45, 2.75) is 26.7 Å². The Morgan fingerprint density at radius 3 is 2.89 bits per heavy atom. The van der Waals surface area contributed by atoms with Gasteiger partial charge in [0.1, 0.15) is 11.6 Å². The second kappa shape index (κ2) is 5.08. The Morgan fingerprint density at radius 2 is 2.22 bits per heavy atom. The van der Waals surface area contributed by atoms with Crippen LogP contribution in [0.3, 0.4) is 0 Å². The molecule has 0 saturated carbocycles. The van der Waals surface area contributed by atoms with Gasteiger partial charge in [0.25, 0.3) is 0 Å². The number of hydrogen-bond donors (Lipinski definition) is 0. The fraction of sp³-hybridized carbons (Fsp3) is 0.308. The predicted molar refractivity (Wildman–Crippen MR) is 63.4 cm³/mol. The number of benzene rings is 1. The Hall–Kier alpha value is -2.04. The second-order valence-electron chi connectivity index (χ2n) is 4.17. The normalized spacial score (nSPS) is 10.6. The van der Waals surface area contributed by atoms with Gasteiger partial charge < -0.3 is 9.32 Å². The van der Waals surface area contributed by atoms with Gasteiger partial charge in [0.15, 0.2) is 0 Å². The van der Waals surface area contributed by atoms with Gasteiger partial charge in [0.05, 0.1) is 0 Å². The summed E-state index contributed by atoms with van der Waals surface area (Å²) >= 11 is 0. The first-order valence-corrected chi connectivity index (χ1v) is 5.65. The zero-order chi connectivity index (χ0) is 13.1. The van der Waals surface area contributed by atoms with E-state index >= 15 is 0 Å². The van der Waals surface area contributed by atoms with Crippen molar-refractivity contribution in [3.05, 3.63) is 35.5 Å². The van der Waals surface area contributed by atoms with Crippen molar-refractivity contribution >= 4 is 5.78 Å². The van der Waals surface area contributed by atoms with E-state index in [1.807, 2.05) is 0 Å². The Balaban J connectivity index is 2.21. The third-order valence-corrected chi connectivity index (χ3v) is 2.59. The number of carbonyl (C=O) groups excluding carboxylic acids is 1. The Morgan fingerprint density at radius 1 is 1.44 bits per heavy atom. The highest BCUT2D eigenvalue weighted by Gasteiger charge is 2.11. The van der Waals surface area contributed by atoms with Crippen molar-refractivity contribution in [3.63, 3.8) is 0 Å². The summed E-state index contributed by atoms with van der Waals surface area (Å²) in [6.45, 7) is 3.30. The van der Waals surface area contributed by atoms with E-state index in [0.717, 1.165) is 11.1 Å². The van der Waals surface area contributed by atoms with Crippen LogP contribution in [0.25, 0.3) is 11.4 Å².